The molecule has 2 heterocycles. The molecule has 1 aromatic carbocycles. The van der Waals surface area contributed by atoms with E-state index in [0.29, 0.717) is 21.5 Å². The van der Waals surface area contributed by atoms with E-state index in [1.807, 2.05) is 38.1 Å². The zero-order valence-electron chi connectivity index (χ0n) is 13.3. The maximum absolute atomic E-state index is 12.2. The van der Waals surface area contributed by atoms with Crippen LogP contribution < -0.4 is 11.1 Å². The third kappa shape index (κ3) is 3.42. The van der Waals surface area contributed by atoms with Crippen molar-refractivity contribution in [3.05, 3.63) is 63.5 Å². The molecule has 0 saturated heterocycles. The Labute approximate surface area is 149 Å². The molecule has 0 aliphatic heterocycles. The number of amides is 1. The molecule has 6 heteroatoms. The van der Waals surface area contributed by atoms with Crippen LogP contribution >= 0.6 is 22.9 Å². The number of benzene rings is 1. The normalized spacial score (nSPS) is 10.6. The SMILES string of the molecule is Cc1ccc(C(=O)Nc2ccc(-c3sc(Cl)cc3C)c(N)n2)cc1. The number of hydrogen-bond donors (Lipinski definition) is 2. The van der Waals surface area contributed by atoms with E-state index in [2.05, 4.69) is 10.3 Å². The number of hydrogen-bond acceptors (Lipinski definition) is 4. The van der Waals surface area contributed by atoms with Crippen LogP contribution in [0.15, 0.2) is 42.5 Å². The first kappa shape index (κ1) is 16.5. The van der Waals surface area contributed by atoms with E-state index in [1.54, 1.807) is 18.2 Å². The Bertz CT molecular complexity index is 903. The minimum Gasteiger partial charge on any atom is -0.383 e. The molecule has 3 aromatic rings. The van der Waals surface area contributed by atoms with Crippen molar-refractivity contribution in [2.45, 2.75) is 13.8 Å². The third-order valence-corrected chi connectivity index (χ3v) is 5.01. The van der Waals surface area contributed by atoms with Gasteiger partial charge in [0, 0.05) is 16.0 Å². The van der Waals surface area contributed by atoms with Crippen molar-refractivity contribution in [3.63, 3.8) is 0 Å². The van der Waals surface area contributed by atoms with Crippen LogP contribution in [0.1, 0.15) is 21.5 Å². The fourth-order valence-electron chi connectivity index (χ4n) is 2.34. The van der Waals surface area contributed by atoms with Gasteiger partial charge in [-0.3, -0.25) is 4.79 Å². The number of aryl methyl sites for hydroxylation is 2. The fourth-order valence-corrected chi connectivity index (χ4v) is 3.67. The molecule has 0 fully saturated rings. The topological polar surface area (TPSA) is 68.0 Å². The summed E-state index contributed by atoms with van der Waals surface area (Å²) in [4.78, 5) is 17.5. The highest BCUT2D eigenvalue weighted by atomic mass is 35.5. The quantitative estimate of drug-likeness (QED) is 0.699. The Morgan fingerprint density at radius 1 is 1.17 bits per heavy atom. The summed E-state index contributed by atoms with van der Waals surface area (Å²) in [6.45, 7) is 3.95. The molecule has 0 spiro atoms. The van der Waals surface area contributed by atoms with Gasteiger partial charge >= 0.3 is 0 Å². The number of nitrogen functional groups attached to an aromatic ring is 1. The van der Waals surface area contributed by atoms with Gasteiger partial charge in [0.2, 0.25) is 0 Å². The zero-order valence-corrected chi connectivity index (χ0v) is 14.8. The number of nitrogens with two attached hydrogens (primary N) is 1. The first-order chi connectivity index (χ1) is 11.4. The molecule has 0 bridgehead atoms. The number of halogens is 1. The number of pyridine rings is 1. The largest absolute Gasteiger partial charge is 0.383 e. The number of anilines is 2. The Kier molecular flexibility index (Phi) is 4.55. The van der Waals surface area contributed by atoms with Gasteiger partial charge in [0.1, 0.15) is 11.6 Å². The van der Waals surface area contributed by atoms with Crippen LogP contribution in [0.2, 0.25) is 4.34 Å². The van der Waals surface area contributed by atoms with E-state index in [4.69, 9.17) is 17.3 Å². The molecule has 0 atom stereocenters. The van der Waals surface area contributed by atoms with Gasteiger partial charge in [0.05, 0.1) is 4.34 Å². The Morgan fingerprint density at radius 2 is 1.88 bits per heavy atom. The van der Waals surface area contributed by atoms with Crippen molar-refractivity contribution in [2.24, 2.45) is 0 Å². The minimum absolute atomic E-state index is 0.218. The number of nitrogens with one attached hydrogen (secondary N) is 1. The van der Waals surface area contributed by atoms with Crippen molar-refractivity contribution in [1.29, 1.82) is 0 Å². The summed E-state index contributed by atoms with van der Waals surface area (Å²) in [5, 5.41) is 2.76. The average molecular weight is 358 g/mol. The fraction of sp³-hybridized carbons (Fsp3) is 0.111. The van der Waals surface area contributed by atoms with Crippen LogP contribution in [0.25, 0.3) is 10.4 Å². The van der Waals surface area contributed by atoms with Crippen molar-refractivity contribution < 1.29 is 4.79 Å². The molecule has 0 radical (unpaired) electrons. The van der Waals surface area contributed by atoms with Crippen LogP contribution in [0.3, 0.4) is 0 Å². The number of aromatic nitrogens is 1. The van der Waals surface area contributed by atoms with Gasteiger partial charge in [0.25, 0.3) is 5.91 Å². The standard InChI is InChI=1S/C18H16ClN3OS/c1-10-3-5-12(6-4-10)18(23)22-15-8-7-13(17(20)21-15)16-11(2)9-14(19)24-16/h3-9H,1-2H3,(H3,20,21,22,23). The second kappa shape index (κ2) is 6.63. The number of thiophene rings is 1. The average Bonchev–Trinajstić information content (AvgIpc) is 2.86. The van der Waals surface area contributed by atoms with Crippen molar-refractivity contribution in [2.75, 3.05) is 11.1 Å². The second-order valence-electron chi connectivity index (χ2n) is 5.51. The number of carbonyl (C=O) groups is 1. The molecule has 0 aliphatic rings. The summed E-state index contributed by atoms with van der Waals surface area (Å²) < 4.78 is 0.707. The second-order valence-corrected chi connectivity index (χ2v) is 7.20. The Hall–Kier alpha value is -2.37. The number of carbonyl (C=O) groups excluding carboxylic acids is 1. The molecule has 2 aromatic heterocycles. The first-order valence-corrected chi connectivity index (χ1v) is 8.54. The van der Waals surface area contributed by atoms with E-state index in [9.17, 15) is 4.79 Å². The molecule has 3 rings (SSSR count). The van der Waals surface area contributed by atoms with E-state index in [0.717, 1.165) is 21.6 Å². The maximum atomic E-state index is 12.2. The monoisotopic (exact) mass is 357 g/mol. The van der Waals surface area contributed by atoms with Gasteiger partial charge in [-0.1, -0.05) is 29.3 Å². The van der Waals surface area contributed by atoms with Crippen molar-refractivity contribution in [1.82, 2.24) is 4.98 Å². The summed E-state index contributed by atoms with van der Waals surface area (Å²) in [6.07, 6.45) is 0. The third-order valence-electron chi connectivity index (χ3n) is 3.61. The summed E-state index contributed by atoms with van der Waals surface area (Å²) in [5.74, 6) is 0.561. The summed E-state index contributed by atoms with van der Waals surface area (Å²) >= 11 is 7.50. The zero-order chi connectivity index (χ0) is 17.3. The predicted molar refractivity (Wildman–Crippen MR) is 101 cm³/mol. The van der Waals surface area contributed by atoms with Crippen molar-refractivity contribution >= 4 is 40.5 Å². The van der Waals surface area contributed by atoms with Gasteiger partial charge in [-0.25, -0.2) is 4.98 Å². The maximum Gasteiger partial charge on any atom is 0.256 e. The van der Waals surface area contributed by atoms with Gasteiger partial charge in [-0.05, 0) is 49.7 Å². The molecular weight excluding hydrogens is 342 g/mol. The summed E-state index contributed by atoms with van der Waals surface area (Å²) in [6, 6.07) is 12.8. The van der Waals surface area contributed by atoms with Crippen LogP contribution in [-0.4, -0.2) is 10.9 Å². The van der Waals surface area contributed by atoms with Gasteiger partial charge in [-0.2, -0.15) is 0 Å². The molecule has 0 aliphatic carbocycles. The molecule has 1 amide bonds. The molecule has 3 N–H and O–H groups in total. The van der Waals surface area contributed by atoms with E-state index >= 15 is 0 Å². The molecule has 24 heavy (non-hydrogen) atoms. The lowest BCUT2D eigenvalue weighted by Gasteiger charge is -2.09. The lowest BCUT2D eigenvalue weighted by Crippen LogP contribution is -2.13. The van der Waals surface area contributed by atoms with Crippen LogP contribution in [0, 0.1) is 13.8 Å². The van der Waals surface area contributed by atoms with E-state index in [1.165, 1.54) is 11.3 Å². The number of rotatable bonds is 3. The lowest BCUT2D eigenvalue weighted by molar-refractivity contribution is 0.102. The van der Waals surface area contributed by atoms with Gasteiger partial charge in [0.15, 0.2) is 0 Å². The van der Waals surface area contributed by atoms with Crippen LogP contribution in [-0.2, 0) is 0 Å². The minimum atomic E-state index is -0.218. The highest BCUT2D eigenvalue weighted by molar-refractivity contribution is 7.19. The van der Waals surface area contributed by atoms with Gasteiger partial charge in [-0.15, -0.1) is 11.3 Å². The lowest BCUT2D eigenvalue weighted by atomic mass is 10.1. The first-order valence-electron chi connectivity index (χ1n) is 7.35. The van der Waals surface area contributed by atoms with Crippen LogP contribution in [0.5, 0.6) is 0 Å². The Morgan fingerprint density at radius 3 is 2.46 bits per heavy atom. The highest BCUT2D eigenvalue weighted by Crippen LogP contribution is 2.37. The molecule has 122 valence electrons. The smallest absolute Gasteiger partial charge is 0.256 e. The van der Waals surface area contributed by atoms with E-state index < -0.39 is 0 Å². The molecule has 4 nitrogen and oxygen atoms in total. The van der Waals surface area contributed by atoms with E-state index in [-0.39, 0.29) is 5.91 Å². The summed E-state index contributed by atoms with van der Waals surface area (Å²) in [7, 11) is 0. The Balaban J connectivity index is 1.83. The van der Waals surface area contributed by atoms with Crippen LogP contribution in [0.4, 0.5) is 11.6 Å². The number of nitrogens with zero attached hydrogens (tertiary/aromatic N) is 1. The summed E-state index contributed by atoms with van der Waals surface area (Å²) in [5.41, 5.74) is 9.61. The predicted octanol–water partition coefficient (Wildman–Crippen LogP) is 4.91. The van der Waals surface area contributed by atoms with Gasteiger partial charge < -0.3 is 11.1 Å². The van der Waals surface area contributed by atoms with Crippen molar-refractivity contribution in [3.8, 4) is 10.4 Å². The molecular formula is C18H16ClN3OS. The molecule has 0 unspecified atom stereocenters. The molecule has 0 saturated carbocycles. The highest BCUT2D eigenvalue weighted by Gasteiger charge is 2.13.